The van der Waals surface area contributed by atoms with Crippen molar-refractivity contribution in [3.05, 3.63) is 36.0 Å². The molecule has 0 aliphatic heterocycles. The maximum atomic E-state index is 12.1. The minimum atomic E-state index is -4.00. The number of aromatic amines is 1. The molecule has 2 aromatic rings. The second kappa shape index (κ2) is 5.83. The Kier molecular flexibility index (Phi) is 4.13. The predicted molar refractivity (Wildman–Crippen MR) is 72.8 cm³/mol. The Morgan fingerprint density at radius 2 is 1.81 bits per heavy atom. The second-order valence-corrected chi connectivity index (χ2v) is 5.61. The lowest BCUT2D eigenvalue weighted by molar-refractivity contribution is 0.0980. The van der Waals surface area contributed by atoms with Crippen molar-refractivity contribution in [3.63, 3.8) is 0 Å². The topological polar surface area (TPSA) is 110 Å². The summed E-state index contributed by atoms with van der Waals surface area (Å²) in [5, 5.41) is 5.60. The molecular formula is C12H13N3O5S. The minimum Gasteiger partial charge on any atom is -0.497 e. The average molecular weight is 311 g/mol. The van der Waals surface area contributed by atoms with Crippen LogP contribution in [0, 0.1) is 0 Å². The summed E-state index contributed by atoms with van der Waals surface area (Å²) in [7, 11) is -1.15. The van der Waals surface area contributed by atoms with Gasteiger partial charge in [-0.3, -0.25) is 9.89 Å². The van der Waals surface area contributed by atoms with E-state index in [1.807, 2.05) is 4.72 Å². The van der Waals surface area contributed by atoms with Crippen molar-refractivity contribution in [2.45, 2.75) is 5.03 Å². The number of rotatable bonds is 5. The first-order valence-electron chi connectivity index (χ1n) is 5.76. The van der Waals surface area contributed by atoms with E-state index in [1.54, 1.807) is 6.07 Å². The standard InChI is InChI=1S/C12H13N3O5S/c1-19-9-5-8(6-10(7-9)20-2)12(16)15-21(17,18)11-3-4-13-14-11/h3-7H,1-2H3,(H,13,14)(H,15,16). The lowest BCUT2D eigenvalue weighted by Gasteiger charge is -2.09. The highest BCUT2D eigenvalue weighted by atomic mass is 32.2. The summed E-state index contributed by atoms with van der Waals surface area (Å²) in [6, 6.07) is 5.61. The summed E-state index contributed by atoms with van der Waals surface area (Å²) in [5.41, 5.74) is 0.0919. The second-order valence-electron chi connectivity index (χ2n) is 3.96. The zero-order valence-electron chi connectivity index (χ0n) is 11.3. The summed E-state index contributed by atoms with van der Waals surface area (Å²) >= 11 is 0. The van der Waals surface area contributed by atoms with E-state index in [4.69, 9.17) is 9.47 Å². The fraction of sp³-hybridized carbons (Fsp3) is 0.167. The maximum absolute atomic E-state index is 12.1. The highest BCUT2D eigenvalue weighted by molar-refractivity contribution is 7.90. The van der Waals surface area contributed by atoms with Gasteiger partial charge in [0.05, 0.1) is 20.4 Å². The normalized spacial score (nSPS) is 11.0. The van der Waals surface area contributed by atoms with Crippen LogP contribution in [0.5, 0.6) is 11.5 Å². The molecule has 0 spiro atoms. The molecular weight excluding hydrogens is 298 g/mol. The molecule has 2 rings (SSSR count). The molecule has 1 aromatic carbocycles. The molecule has 2 N–H and O–H groups in total. The fourth-order valence-electron chi connectivity index (χ4n) is 1.57. The quantitative estimate of drug-likeness (QED) is 0.834. The molecule has 1 aromatic heterocycles. The van der Waals surface area contributed by atoms with Gasteiger partial charge in [-0.15, -0.1) is 0 Å². The number of ether oxygens (including phenoxy) is 2. The Morgan fingerprint density at radius 1 is 1.19 bits per heavy atom. The summed E-state index contributed by atoms with van der Waals surface area (Å²) < 4.78 is 35.8. The number of methoxy groups -OCH3 is 2. The zero-order valence-corrected chi connectivity index (χ0v) is 12.1. The van der Waals surface area contributed by atoms with Crippen LogP contribution in [0.3, 0.4) is 0 Å². The van der Waals surface area contributed by atoms with E-state index in [-0.39, 0.29) is 10.6 Å². The number of amides is 1. The van der Waals surface area contributed by atoms with Crippen LogP contribution in [-0.4, -0.2) is 38.7 Å². The predicted octanol–water partition coefficient (Wildman–Crippen LogP) is 0.546. The highest BCUT2D eigenvalue weighted by Gasteiger charge is 2.20. The van der Waals surface area contributed by atoms with Gasteiger partial charge in [0.15, 0.2) is 5.03 Å². The van der Waals surface area contributed by atoms with Crippen LogP contribution < -0.4 is 14.2 Å². The Balaban J connectivity index is 2.29. The lowest BCUT2D eigenvalue weighted by atomic mass is 10.2. The summed E-state index contributed by atoms with van der Waals surface area (Å²) in [4.78, 5) is 12.1. The third-order valence-electron chi connectivity index (χ3n) is 2.61. The molecule has 8 nitrogen and oxygen atoms in total. The largest absolute Gasteiger partial charge is 0.497 e. The van der Waals surface area contributed by atoms with Gasteiger partial charge >= 0.3 is 0 Å². The smallest absolute Gasteiger partial charge is 0.281 e. The van der Waals surface area contributed by atoms with Crippen LogP contribution in [0.2, 0.25) is 0 Å². The van der Waals surface area contributed by atoms with Crippen molar-refractivity contribution in [2.75, 3.05) is 14.2 Å². The van der Waals surface area contributed by atoms with Gasteiger partial charge in [0.25, 0.3) is 15.9 Å². The monoisotopic (exact) mass is 311 g/mol. The van der Waals surface area contributed by atoms with E-state index in [0.29, 0.717) is 11.5 Å². The first-order chi connectivity index (χ1) is 9.96. The molecule has 0 aliphatic rings. The van der Waals surface area contributed by atoms with Gasteiger partial charge < -0.3 is 9.47 Å². The highest BCUT2D eigenvalue weighted by Crippen LogP contribution is 2.22. The third-order valence-corrected chi connectivity index (χ3v) is 3.87. The summed E-state index contributed by atoms with van der Waals surface area (Å²) in [6.07, 6.45) is 1.27. The Morgan fingerprint density at radius 3 is 2.29 bits per heavy atom. The van der Waals surface area contributed by atoms with Crippen LogP contribution in [0.4, 0.5) is 0 Å². The molecule has 0 unspecified atom stereocenters. The number of nitrogens with one attached hydrogen (secondary N) is 2. The summed E-state index contributed by atoms with van der Waals surface area (Å²) in [5.74, 6) is -0.0568. The van der Waals surface area contributed by atoms with Gasteiger partial charge in [-0.25, -0.2) is 4.72 Å². The molecule has 1 amide bonds. The Bertz CT molecular complexity index is 718. The third kappa shape index (κ3) is 3.31. The molecule has 0 atom stereocenters. The number of carbonyl (C=O) groups excluding carboxylic acids is 1. The first kappa shape index (κ1) is 14.9. The number of benzene rings is 1. The van der Waals surface area contributed by atoms with E-state index in [2.05, 4.69) is 10.2 Å². The van der Waals surface area contributed by atoms with Gasteiger partial charge in [0.2, 0.25) is 0 Å². The summed E-state index contributed by atoms with van der Waals surface area (Å²) in [6.45, 7) is 0. The average Bonchev–Trinajstić information content (AvgIpc) is 3.01. The Hall–Kier alpha value is -2.55. The van der Waals surface area contributed by atoms with Crippen molar-refractivity contribution >= 4 is 15.9 Å². The van der Waals surface area contributed by atoms with Crippen molar-refractivity contribution in [2.24, 2.45) is 0 Å². The molecule has 21 heavy (non-hydrogen) atoms. The number of nitrogens with zero attached hydrogens (tertiary/aromatic N) is 1. The number of sulfonamides is 1. The lowest BCUT2D eigenvalue weighted by Crippen LogP contribution is -2.30. The van der Waals surface area contributed by atoms with E-state index in [1.165, 1.54) is 38.6 Å². The molecule has 0 saturated carbocycles. The van der Waals surface area contributed by atoms with Gasteiger partial charge in [-0.2, -0.15) is 13.5 Å². The SMILES string of the molecule is COc1cc(OC)cc(C(=O)NS(=O)(=O)c2ccn[nH]2)c1. The van der Waals surface area contributed by atoms with E-state index in [9.17, 15) is 13.2 Å². The molecule has 0 radical (unpaired) electrons. The van der Waals surface area contributed by atoms with Crippen molar-refractivity contribution in [1.29, 1.82) is 0 Å². The number of hydrogen-bond acceptors (Lipinski definition) is 6. The number of carbonyl (C=O) groups is 1. The molecule has 112 valence electrons. The van der Waals surface area contributed by atoms with Gasteiger partial charge in [-0.1, -0.05) is 0 Å². The fourth-order valence-corrected chi connectivity index (χ4v) is 2.45. The van der Waals surface area contributed by atoms with Crippen LogP contribution in [0.15, 0.2) is 35.5 Å². The van der Waals surface area contributed by atoms with E-state index < -0.39 is 15.9 Å². The molecule has 9 heteroatoms. The van der Waals surface area contributed by atoms with Gasteiger partial charge in [-0.05, 0) is 18.2 Å². The van der Waals surface area contributed by atoms with Crippen molar-refractivity contribution < 1.29 is 22.7 Å². The van der Waals surface area contributed by atoms with E-state index >= 15 is 0 Å². The van der Waals surface area contributed by atoms with Crippen LogP contribution in [0.1, 0.15) is 10.4 Å². The van der Waals surface area contributed by atoms with Crippen molar-refractivity contribution in [3.8, 4) is 11.5 Å². The van der Waals surface area contributed by atoms with E-state index in [0.717, 1.165) is 0 Å². The van der Waals surface area contributed by atoms with Crippen LogP contribution >= 0.6 is 0 Å². The maximum Gasteiger partial charge on any atom is 0.281 e. The van der Waals surface area contributed by atoms with Gasteiger partial charge in [0.1, 0.15) is 11.5 Å². The molecule has 1 heterocycles. The van der Waals surface area contributed by atoms with Crippen LogP contribution in [-0.2, 0) is 10.0 Å². The number of H-pyrrole nitrogens is 1. The van der Waals surface area contributed by atoms with Crippen LogP contribution in [0.25, 0.3) is 0 Å². The molecule has 0 saturated heterocycles. The number of aromatic nitrogens is 2. The number of hydrogen-bond donors (Lipinski definition) is 2. The first-order valence-corrected chi connectivity index (χ1v) is 7.24. The minimum absolute atomic E-state index is 0.0919. The zero-order chi connectivity index (χ0) is 15.5. The molecule has 0 aliphatic carbocycles. The van der Waals surface area contributed by atoms with Crippen molar-refractivity contribution in [1.82, 2.24) is 14.9 Å². The van der Waals surface area contributed by atoms with Gasteiger partial charge in [0, 0.05) is 11.6 Å². The Labute approximate surface area is 121 Å². The molecule has 0 bridgehead atoms. The molecule has 0 fully saturated rings.